The van der Waals surface area contributed by atoms with Crippen molar-refractivity contribution in [1.29, 1.82) is 0 Å². The molecule has 1 aromatic rings. The van der Waals surface area contributed by atoms with Crippen molar-refractivity contribution in [3.63, 3.8) is 0 Å². The number of methoxy groups -OCH3 is 1. The van der Waals surface area contributed by atoms with Gasteiger partial charge in [0.15, 0.2) is 0 Å². The standard InChI is InChI=1S/C18H28N2O/c1-3-10-19-15-11-16-8-9-17(12-15)20(16)18-7-5-4-6-14(18)13-21-2/h4-7,15-17,19H,3,8-13H2,1-2H3. The summed E-state index contributed by atoms with van der Waals surface area (Å²) in [7, 11) is 1.78. The molecular weight excluding hydrogens is 260 g/mol. The number of para-hydroxylation sites is 1. The zero-order chi connectivity index (χ0) is 14.7. The van der Waals surface area contributed by atoms with Gasteiger partial charge in [0, 0.05) is 36.5 Å². The molecule has 2 fully saturated rings. The van der Waals surface area contributed by atoms with Crippen LogP contribution in [0.3, 0.4) is 0 Å². The third kappa shape index (κ3) is 3.09. The molecule has 0 aliphatic carbocycles. The van der Waals surface area contributed by atoms with Gasteiger partial charge in [0.25, 0.3) is 0 Å². The Balaban J connectivity index is 1.76. The zero-order valence-electron chi connectivity index (χ0n) is 13.3. The first kappa shape index (κ1) is 14.9. The number of rotatable bonds is 6. The maximum Gasteiger partial charge on any atom is 0.0733 e. The SMILES string of the molecule is CCCNC1CC2CCC(C1)N2c1ccccc1COC. The molecule has 0 aromatic heterocycles. The molecule has 0 radical (unpaired) electrons. The van der Waals surface area contributed by atoms with Crippen LogP contribution in [0.4, 0.5) is 5.69 Å². The lowest BCUT2D eigenvalue weighted by Crippen LogP contribution is -2.49. The van der Waals surface area contributed by atoms with Crippen LogP contribution >= 0.6 is 0 Å². The lowest BCUT2D eigenvalue weighted by Gasteiger charge is -2.41. The predicted molar refractivity (Wildman–Crippen MR) is 87.8 cm³/mol. The highest BCUT2D eigenvalue weighted by molar-refractivity contribution is 5.56. The molecule has 2 unspecified atom stereocenters. The van der Waals surface area contributed by atoms with Crippen molar-refractivity contribution in [3.8, 4) is 0 Å². The smallest absolute Gasteiger partial charge is 0.0733 e. The molecule has 21 heavy (non-hydrogen) atoms. The number of fused-ring (bicyclic) bond motifs is 2. The Morgan fingerprint density at radius 3 is 2.57 bits per heavy atom. The number of ether oxygens (including phenoxy) is 1. The van der Waals surface area contributed by atoms with E-state index in [1.807, 2.05) is 0 Å². The second-order valence-corrected chi connectivity index (χ2v) is 6.48. The summed E-state index contributed by atoms with van der Waals surface area (Å²) in [6, 6.07) is 10.9. The van der Waals surface area contributed by atoms with E-state index in [1.54, 1.807) is 7.11 Å². The fraction of sp³-hybridized carbons (Fsp3) is 0.667. The van der Waals surface area contributed by atoms with Crippen LogP contribution < -0.4 is 10.2 Å². The molecule has 2 atom stereocenters. The highest BCUT2D eigenvalue weighted by Gasteiger charge is 2.41. The first-order chi connectivity index (χ1) is 10.3. The second-order valence-electron chi connectivity index (χ2n) is 6.48. The molecule has 2 aliphatic rings. The molecule has 2 aliphatic heterocycles. The summed E-state index contributed by atoms with van der Waals surface area (Å²) in [5, 5.41) is 3.73. The van der Waals surface area contributed by atoms with E-state index in [9.17, 15) is 0 Å². The first-order valence-electron chi connectivity index (χ1n) is 8.42. The van der Waals surface area contributed by atoms with Gasteiger partial charge in [-0.1, -0.05) is 25.1 Å². The highest BCUT2D eigenvalue weighted by atomic mass is 16.5. The minimum Gasteiger partial charge on any atom is -0.380 e. The Morgan fingerprint density at radius 1 is 1.19 bits per heavy atom. The van der Waals surface area contributed by atoms with Gasteiger partial charge in [-0.25, -0.2) is 0 Å². The Morgan fingerprint density at radius 2 is 1.90 bits per heavy atom. The van der Waals surface area contributed by atoms with Crippen molar-refractivity contribution in [2.24, 2.45) is 0 Å². The van der Waals surface area contributed by atoms with Gasteiger partial charge < -0.3 is 15.0 Å². The van der Waals surface area contributed by atoms with Crippen molar-refractivity contribution >= 4 is 5.69 Å². The molecule has 1 aromatic carbocycles. The van der Waals surface area contributed by atoms with E-state index in [1.165, 1.54) is 43.4 Å². The molecule has 2 saturated heterocycles. The van der Waals surface area contributed by atoms with E-state index in [0.29, 0.717) is 24.7 Å². The molecule has 3 heteroatoms. The van der Waals surface area contributed by atoms with Gasteiger partial charge in [0.1, 0.15) is 0 Å². The maximum absolute atomic E-state index is 5.39. The summed E-state index contributed by atoms with van der Waals surface area (Å²) in [4.78, 5) is 2.69. The minimum absolute atomic E-state index is 0.705. The molecule has 2 heterocycles. The molecule has 0 spiro atoms. The minimum atomic E-state index is 0.705. The van der Waals surface area contributed by atoms with Crippen LogP contribution in [-0.4, -0.2) is 31.8 Å². The third-order valence-corrected chi connectivity index (χ3v) is 4.99. The number of nitrogens with zero attached hydrogens (tertiary/aromatic N) is 1. The van der Waals surface area contributed by atoms with Crippen LogP contribution in [0.1, 0.15) is 44.6 Å². The van der Waals surface area contributed by atoms with Gasteiger partial charge in [-0.2, -0.15) is 0 Å². The normalized spacial score (nSPS) is 28.1. The van der Waals surface area contributed by atoms with E-state index < -0.39 is 0 Å². The quantitative estimate of drug-likeness (QED) is 0.869. The molecule has 116 valence electrons. The zero-order valence-corrected chi connectivity index (χ0v) is 13.3. The Kier molecular flexibility index (Phi) is 4.81. The van der Waals surface area contributed by atoms with Crippen LogP contribution in [0, 0.1) is 0 Å². The third-order valence-electron chi connectivity index (χ3n) is 4.99. The molecular formula is C18H28N2O. The summed E-state index contributed by atoms with van der Waals surface area (Å²) in [6.07, 6.45) is 6.49. The molecule has 2 bridgehead atoms. The first-order valence-corrected chi connectivity index (χ1v) is 8.42. The fourth-order valence-corrected chi connectivity index (χ4v) is 4.13. The molecule has 1 N–H and O–H groups in total. The summed E-state index contributed by atoms with van der Waals surface area (Å²) in [6.45, 7) is 4.12. The highest BCUT2D eigenvalue weighted by Crippen LogP contribution is 2.40. The van der Waals surface area contributed by atoms with Gasteiger partial charge in [0.05, 0.1) is 6.61 Å². The van der Waals surface area contributed by atoms with Crippen molar-refractivity contribution in [1.82, 2.24) is 5.32 Å². The van der Waals surface area contributed by atoms with Crippen LogP contribution in [0.25, 0.3) is 0 Å². The Bertz CT molecular complexity index is 448. The van der Waals surface area contributed by atoms with E-state index >= 15 is 0 Å². The number of piperidine rings is 1. The van der Waals surface area contributed by atoms with Gasteiger partial charge in [0.2, 0.25) is 0 Å². The number of hydrogen-bond acceptors (Lipinski definition) is 3. The van der Waals surface area contributed by atoms with Crippen LogP contribution in [0.15, 0.2) is 24.3 Å². The van der Waals surface area contributed by atoms with E-state index in [0.717, 1.165) is 6.54 Å². The summed E-state index contributed by atoms with van der Waals surface area (Å²) in [5.41, 5.74) is 2.73. The van der Waals surface area contributed by atoms with Gasteiger partial charge in [-0.05, 0) is 44.7 Å². The van der Waals surface area contributed by atoms with Crippen LogP contribution in [0.5, 0.6) is 0 Å². The number of anilines is 1. The summed E-state index contributed by atoms with van der Waals surface area (Å²) < 4.78 is 5.39. The maximum atomic E-state index is 5.39. The van der Waals surface area contributed by atoms with Crippen molar-refractivity contribution in [2.75, 3.05) is 18.6 Å². The number of benzene rings is 1. The number of hydrogen-bond donors (Lipinski definition) is 1. The van der Waals surface area contributed by atoms with E-state index in [-0.39, 0.29) is 0 Å². The predicted octanol–water partition coefficient (Wildman–Crippen LogP) is 3.33. The molecule has 3 nitrogen and oxygen atoms in total. The summed E-state index contributed by atoms with van der Waals surface area (Å²) in [5.74, 6) is 0. The molecule has 0 saturated carbocycles. The average molecular weight is 288 g/mol. The van der Waals surface area contributed by atoms with Crippen LogP contribution in [-0.2, 0) is 11.3 Å². The van der Waals surface area contributed by atoms with E-state index in [2.05, 4.69) is 41.4 Å². The molecule has 0 amide bonds. The van der Waals surface area contributed by atoms with E-state index in [4.69, 9.17) is 4.74 Å². The van der Waals surface area contributed by atoms with Gasteiger partial charge in [-0.15, -0.1) is 0 Å². The monoisotopic (exact) mass is 288 g/mol. The van der Waals surface area contributed by atoms with Crippen LogP contribution in [0.2, 0.25) is 0 Å². The fourth-order valence-electron chi connectivity index (χ4n) is 4.13. The molecule has 3 rings (SSSR count). The van der Waals surface area contributed by atoms with Crippen molar-refractivity contribution in [3.05, 3.63) is 29.8 Å². The Labute approximate surface area is 128 Å². The van der Waals surface area contributed by atoms with Gasteiger partial charge in [-0.3, -0.25) is 0 Å². The number of nitrogens with one attached hydrogen (secondary N) is 1. The Hall–Kier alpha value is -1.06. The topological polar surface area (TPSA) is 24.5 Å². The second kappa shape index (κ2) is 6.80. The largest absolute Gasteiger partial charge is 0.380 e. The van der Waals surface area contributed by atoms with Crippen molar-refractivity contribution in [2.45, 2.75) is 63.8 Å². The lowest BCUT2D eigenvalue weighted by molar-refractivity contribution is 0.185. The average Bonchev–Trinajstić information content (AvgIpc) is 2.77. The van der Waals surface area contributed by atoms with Gasteiger partial charge >= 0.3 is 0 Å². The summed E-state index contributed by atoms with van der Waals surface area (Å²) >= 11 is 0. The van der Waals surface area contributed by atoms with Crippen molar-refractivity contribution < 1.29 is 4.74 Å². The lowest BCUT2D eigenvalue weighted by atomic mass is 9.95.